The van der Waals surface area contributed by atoms with Crippen molar-refractivity contribution in [1.29, 1.82) is 0 Å². The summed E-state index contributed by atoms with van der Waals surface area (Å²) in [5, 5.41) is 7.29. The highest BCUT2D eigenvalue weighted by Crippen LogP contribution is 2.19. The summed E-state index contributed by atoms with van der Waals surface area (Å²) in [6.45, 7) is 4.83. The zero-order valence-electron chi connectivity index (χ0n) is 15.9. The number of sulfonamides is 1. The Bertz CT molecular complexity index is 876. The highest BCUT2D eigenvalue weighted by Gasteiger charge is 2.26. The van der Waals surface area contributed by atoms with Crippen molar-refractivity contribution in [3.05, 3.63) is 52.2 Å². The molecule has 1 aliphatic rings. The fourth-order valence-corrected chi connectivity index (χ4v) is 5.10. The molecule has 0 atom stereocenters. The van der Waals surface area contributed by atoms with Gasteiger partial charge in [-0.25, -0.2) is 13.2 Å². The van der Waals surface area contributed by atoms with Crippen LogP contribution in [0.1, 0.15) is 10.4 Å². The average molecular weight is 423 g/mol. The lowest BCUT2D eigenvalue weighted by atomic mass is 10.2. The number of benzene rings is 1. The molecule has 0 aliphatic carbocycles. The van der Waals surface area contributed by atoms with Gasteiger partial charge in [0.2, 0.25) is 10.0 Å². The van der Waals surface area contributed by atoms with Gasteiger partial charge in [0.15, 0.2) is 0 Å². The van der Waals surface area contributed by atoms with Crippen LogP contribution in [0.3, 0.4) is 0 Å². The molecule has 2 aromatic rings. The summed E-state index contributed by atoms with van der Waals surface area (Å²) in [7, 11) is -3.38. The number of hydrogen-bond acceptors (Lipinski definition) is 5. The molecule has 2 N–H and O–H groups in total. The minimum Gasteiger partial charge on any atom is -0.369 e. The number of rotatable bonds is 7. The standard InChI is InChI=1S/C19H26N4O3S2/c1-16-4-2-5-17(14-16)22-8-10-23(11-9-22)28(25,26)13-7-20-19(24)21-15-18-6-3-12-27-18/h2-6,12,14H,7-11,13,15H2,1H3,(H2,20,21,24). The van der Waals surface area contributed by atoms with Crippen LogP contribution in [-0.2, 0) is 16.6 Å². The molecule has 1 aromatic heterocycles. The first-order chi connectivity index (χ1) is 13.4. The molecule has 7 nitrogen and oxygen atoms in total. The second-order valence-corrected chi connectivity index (χ2v) is 9.85. The van der Waals surface area contributed by atoms with Crippen LogP contribution >= 0.6 is 11.3 Å². The van der Waals surface area contributed by atoms with E-state index in [0.717, 1.165) is 10.6 Å². The molecule has 2 heterocycles. The second kappa shape index (κ2) is 9.40. The molecule has 9 heteroatoms. The van der Waals surface area contributed by atoms with Gasteiger partial charge in [0.25, 0.3) is 0 Å². The van der Waals surface area contributed by atoms with E-state index in [2.05, 4.69) is 27.7 Å². The Labute approximate surface area is 170 Å². The first kappa shape index (κ1) is 20.6. The Morgan fingerprint density at radius 1 is 1.11 bits per heavy atom. The van der Waals surface area contributed by atoms with Crippen molar-refractivity contribution in [2.45, 2.75) is 13.5 Å². The van der Waals surface area contributed by atoms with Crippen LogP contribution in [-0.4, -0.2) is 57.2 Å². The molecular weight excluding hydrogens is 396 g/mol. The molecule has 1 saturated heterocycles. The molecule has 3 rings (SSSR count). The quantitative estimate of drug-likeness (QED) is 0.715. The molecule has 0 radical (unpaired) electrons. The number of carbonyl (C=O) groups excluding carboxylic acids is 1. The van der Waals surface area contributed by atoms with Gasteiger partial charge in [0.1, 0.15) is 0 Å². The summed E-state index contributed by atoms with van der Waals surface area (Å²) in [5.41, 5.74) is 2.32. The normalized spacial score (nSPS) is 15.4. The summed E-state index contributed by atoms with van der Waals surface area (Å²) in [6.07, 6.45) is 0. The second-order valence-electron chi connectivity index (χ2n) is 6.73. The van der Waals surface area contributed by atoms with E-state index in [1.807, 2.05) is 36.6 Å². The maximum absolute atomic E-state index is 12.5. The molecule has 1 fully saturated rings. The van der Waals surface area contributed by atoms with Gasteiger partial charge >= 0.3 is 6.03 Å². The topological polar surface area (TPSA) is 81.8 Å². The van der Waals surface area contributed by atoms with E-state index in [4.69, 9.17) is 0 Å². The van der Waals surface area contributed by atoms with E-state index in [-0.39, 0.29) is 18.3 Å². The SMILES string of the molecule is Cc1cccc(N2CCN(S(=O)(=O)CCNC(=O)NCc3cccs3)CC2)c1. The Hall–Kier alpha value is -2.10. The Morgan fingerprint density at radius 2 is 1.89 bits per heavy atom. The monoisotopic (exact) mass is 422 g/mol. The smallest absolute Gasteiger partial charge is 0.315 e. The first-order valence-electron chi connectivity index (χ1n) is 9.27. The van der Waals surface area contributed by atoms with Crippen LogP contribution in [0.25, 0.3) is 0 Å². The predicted molar refractivity (Wildman–Crippen MR) is 113 cm³/mol. The van der Waals surface area contributed by atoms with Crippen molar-refractivity contribution in [3.8, 4) is 0 Å². The van der Waals surface area contributed by atoms with Gasteiger partial charge in [-0.15, -0.1) is 11.3 Å². The zero-order valence-corrected chi connectivity index (χ0v) is 17.6. The van der Waals surface area contributed by atoms with Crippen molar-refractivity contribution in [2.75, 3.05) is 43.4 Å². The largest absolute Gasteiger partial charge is 0.369 e. The van der Waals surface area contributed by atoms with E-state index in [0.29, 0.717) is 32.7 Å². The van der Waals surface area contributed by atoms with Crippen molar-refractivity contribution in [3.63, 3.8) is 0 Å². The number of nitrogens with zero attached hydrogens (tertiary/aromatic N) is 2. The third-order valence-corrected chi connectivity index (χ3v) is 7.40. The van der Waals surface area contributed by atoms with Crippen LogP contribution in [0.5, 0.6) is 0 Å². The fourth-order valence-electron chi connectivity index (χ4n) is 3.11. The molecule has 0 unspecified atom stereocenters. The predicted octanol–water partition coefficient (Wildman–Crippen LogP) is 2.01. The van der Waals surface area contributed by atoms with Gasteiger partial charge in [-0.3, -0.25) is 0 Å². The molecule has 28 heavy (non-hydrogen) atoms. The van der Waals surface area contributed by atoms with Crippen LogP contribution in [0.4, 0.5) is 10.5 Å². The van der Waals surface area contributed by atoms with Crippen LogP contribution < -0.4 is 15.5 Å². The van der Waals surface area contributed by atoms with Crippen LogP contribution in [0.15, 0.2) is 41.8 Å². The summed E-state index contributed by atoms with van der Waals surface area (Å²) in [4.78, 5) is 15.0. The maximum Gasteiger partial charge on any atom is 0.315 e. The van der Waals surface area contributed by atoms with Gasteiger partial charge in [-0.2, -0.15) is 4.31 Å². The maximum atomic E-state index is 12.5. The fraction of sp³-hybridized carbons (Fsp3) is 0.421. The van der Waals surface area contributed by atoms with Crippen molar-refractivity contribution < 1.29 is 13.2 Å². The van der Waals surface area contributed by atoms with Gasteiger partial charge in [0, 0.05) is 43.3 Å². The summed E-state index contributed by atoms with van der Waals surface area (Å²) in [5.74, 6) is -0.0934. The van der Waals surface area contributed by atoms with Crippen molar-refractivity contribution >= 4 is 33.1 Å². The number of hydrogen-bond donors (Lipinski definition) is 2. The third kappa shape index (κ3) is 5.70. The number of thiophene rings is 1. The number of nitrogens with one attached hydrogen (secondary N) is 2. The highest BCUT2D eigenvalue weighted by atomic mass is 32.2. The van der Waals surface area contributed by atoms with E-state index in [1.165, 1.54) is 9.87 Å². The minimum absolute atomic E-state index is 0.0934. The third-order valence-electron chi connectivity index (χ3n) is 4.65. The molecule has 1 aromatic carbocycles. The minimum atomic E-state index is -3.38. The van der Waals surface area contributed by atoms with Crippen molar-refractivity contribution in [2.24, 2.45) is 0 Å². The van der Waals surface area contributed by atoms with Crippen LogP contribution in [0, 0.1) is 6.92 Å². The molecule has 1 aliphatic heterocycles. The summed E-state index contributed by atoms with van der Waals surface area (Å²) >= 11 is 1.56. The van der Waals surface area contributed by atoms with E-state index in [9.17, 15) is 13.2 Å². The number of urea groups is 1. The van der Waals surface area contributed by atoms with Gasteiger partial charge in [0.05, 0.1) is 12.3 Å². The molecule has 0 bridgehead atoms. The van der Waals surface area contributed by atoms with Crippen LogP contribution in [0.2, 0.25) is 0 Å². The number of carbonyl (C=O) groups is 1. The lowest BCUT2D eigenvalue weighted by Gasteiger charge is -2.35. The molecular formula is C19H26N4O3S2. The molecule has 152 valence electrons. The Balaban J connectivity index is 1.40. The number of piperazine rings is 1. The number of amides is 2. The molecule has 2 amide bonds. The first-order valence-corrected chi connectivity index (χ1v) is 11.8. The summed E-state index contributed by atoms with van der Waals surface area (Å²) in [6, 6.07) is 11.7. The lowest BCUT2D eigenvalue weighted by molar-refractivity contribution is 0.241. The number of anilines is 1. The van der Waals surface area contributed by atoms with Crippen molar-refractivity contribution in [1.82, 2.24) is 14.9 Å². The lowest BCUT2D eigenvalue weighted by Crippen LogP contribution is -2.50. The van der Waals surface area contributed by atoms with E-state index in [1.54, 1.807) is 11.3 Å². The Kier molecular flexibility index (Phi) is 6.93. The average Bonchev–Trinajstić information content (AvgIpc) is 3.20. The number of aryl methyl sites for hydroxylation is 1. The van der Waals surface area contributed by atoms with Gasteiger partial charge in [-0.05, 0) is 36.1 Å². The summed E-state index contributed by atoms with van der Waals surface area (Å²) < 4.78 is 26.6. The highest BCUT2D eigenvalue weighted by molar-refractivity contribution is 7.89. The van der Waals surface area contributed by atoms with E-state index >= 15 is 0 Å². The van der Waals surface area contributed by atoms with E-state index < -0.39 is 10.0 Å². The van der Waals surface area contributed by atoms with Gasteiger partial charge in [-0.1, -0.05) is 18.2 Å². The zero-order chi connectivity index (χ0) is 20.0. The molecule has 0 saturated carbocycles. The van der Waals surface area contributed by atoms with Gasteiger partial charge < -0.3 is 15.5 Å². The molecule has 0 spiro atoms. The Morgan fingerprint density at radius 3 is 2.57 bits per heavy atom.